The number of carbonyl (C=O) groups is 1. The molecule has 2 atom stereocenters. The van der Waals surface area contributed by atoms with Crippen LogP contribution in [-0.4, -0.2) is 28.3 Å². The summed E-state index contributed by atoms with van der Waals surface area (Å²) in [7, 11) is 1.89. The van der Waals surface area contributed by atoms with Gasteiger partial charge in [-0.2, -0.15) is 5.26 Å². The van der Waals surface area contributed by atoms with Crippen LogP contribution in [0.5, 0.6) is 0 Å². The van der Waals surface area contributed by atoms with E-state index in [2.05, 4.69) is 16.7 Å². The van der Waals surface area contributed by atoms with Crippen molar-refractivity contribution in [3.05, 3.63) is 23.0 Å². The van der Waals surface area contributed by atoms with Crippen molar-refractivity contribution in [2.45, 2.75) is 58.3 Å². The predicted molar refractivity (Wildman–Crippen MR) is 83.3 cm³/mol. The second-order valence-electron chi connectivity index (χ2n) is 6.79. The van der Waals surface area contributed by atoms with E-state index in [0.717, 1.165) is 17.7 Å². The topological polar surface area (TPSA) is 79.1 Å². The number of ether oxygens (including phenoxy) is 1. The average Bonchev–Trinajstić information content (AvgIpc) is 3.06. The number of carbonyl (C=O) groups excluding carboxylic acids is 1. The van der Waals surface area contributed by atoms with E-state index < -0.39 is 5.60 Å². The van der Waals surface area contributed by atoms with Gasteiger partial charge in [-0.25, -0.2) is 4.79 Å². The van der Waals surface area contributed by atoms with Gasteiger partial charge >= 0.3 is 6.09 Å². The van der Waals surface area contributed by atoms with Crippen LogP contribution in [0.3, 0.4) is 0 Å². The summed E-state index contributed by atoms with van der Waals surface area (Å²) < 4.78 is 7.12. The third-order valence-corrected chi connectivity index (χ3v) is 3.80. The van der Waals surface area contributed by atoms with Gasteiger partial charge in [0, 0.05) is 31.4 Å². The number of aromatic nitrogens is 1. The van der Waals surface area contributed by atoms with Gasteiger partial charge in [0.1, 0.15) is 17.4 Å². The Bertz CT molecular complexity index is 607. The summed E-state index contributed by atoms with van der Waals surface area (Å²) in [5.41, 5.74) is 2.38. The molecule has 2 rings (SSSR count). The highest BCUT2D eigenvalue weighted by atomic mass is 16.6. The van der Waals surface area contributed by atoms with Gasteiger partial charge in [-0.15, -0.1) is 0 Å². The zero-order valence-electron chi connectivity index (χ0n) is 13.9. The molecule has 0 spiro atoms. The summed E-state index contributed by atoms with van der Waals surface area (Å²) in [6.07, 6.45) is 0.528. The molecular weight excluding hydrogens is 280 g/mol. The van der Waals surface area contributed by atoms with E-state index in [1.165, 1.54) is 0 Å². The van der Waals surface area contributed by atoms with E-state index in [1.54, 1.807) is 0 Å². The molecule has 0 aliphatic heterocycles. The minimum absolute atomic E-state index is 0.120. The number of nitriles is 1. The van der Waals surface area contributed by atoms with Gasteiger partial charge in [-0.05, 0) is 45.7 Å². The molecule has 0 aromatic carbocycles. The molecule has 1 saturated carbocycles. The lowest BCUT2D eigenvalue weighted by molar-refractivity contribution is 0.0522. The Balaban J connectivity index is 1.79. The Morgan fingerprint density at radius 1 is 1.50 bits per heavy atom. The maximum Gasteiger partial charge on any atom is 0.407 e. The van der Waals surface area contributed by atoms with E-state index >= 15 is 0 Å². The van der Waals surface area contributed by atoms with E-state index in [9.17, 15) is 4.79 Å². The smallest absolute Gasteiger partial charge is 0.407 e. The van der Waals surface area contributed by atoms with Crippen LogP contribution in [0.1, 0.15) is 44.1 Å². The predicted octanol–water partition coefficient (Wildman–Crippen LogP) is 1.96. The van der Waals surface area contributed by atoms with Gasteiger partial charge in [0.2, 0.25) is 0 Å². The summed E-state index contributed by atoms with van der Waals surface area (Å²) in [6.45, 7) is 8.24. The third kappa shape index (κ3) is 4.01. The van der Waals surface area contributed by atoms with Gasteiger partial charge in [0.15, 0.2) is 0 Å². The van der Waals surface area contributed by atoms with Crippen LogP contribution < -0.4 is 10.6 Å². The van der Waals surface area contributed by atoms with Crippen molar-refractivity contribution in [3.63, 3.8) is 0 Å². The van der Waals surface area contributed by atoms with Gasteiger partial charge in [-0.3, -0.25) is 0 Å². The van der Waals surface area contributed by atoms with Crippen LogP contribution in [0.2, 0.25) is 0 Å². The Labute approximate surface area is 131 Å². The SMILES string of the molecule is Cc1c(CNC2CC2NC(=O)OC(C)(C)C)cc(C#N)n1C. The molecule has 22 heavy (non-hydrogen) atoms. The number of nitrogens with one attached hydrogen (secondary N) is 2. The molecule has 1 aliphatic rings. The molecule has 1 amide bonds. The molecule has 0 bridgehead atoms. The maximum atomic E-state index is 11.7. The van der Waals surface area contributed by atoms with Crippen molar-refractivity contribution < 1.29 is 9.53 Å². The highest BCUT2D eigenvalue weighted by Gasteiger charge is 2.39. The fraction of sp³-hybridized carbons (Fsp3) is 0.625. The Kier molecular flexibility index (Phi) is 4.47. The number of alkyl carbamates (subject to hydrolysis) is 1. The summed E-state index contributed by atoms with van der Waals surface area (Å²) in [5, 5.41) is 15.3. The highest BCUT2D eigenvalue weighted by Crippen LogP contribution is 2.23. The van der Waals surface area contributed by atoms with Crippen LogP contribution in [0.15, 0.2) is 6.07 Å². The molecule has 1 heterocycles. The van der Waals surface area contributed by atoms with Crippen molar-refractivity contribution in [2.75, 3.05) is 0 Å². The first kappa shape index (κ1) is 16.4. The first-order valence-electron chi connectivity index (χ1n) is 7.49. The molecule has 120 valence electrons. The summed E-state index contributed by atoms with van der Waals surface area (Å²) in [5.74, 6) is 0. The first-order valence-corrected chi connectivity index (χ1v) is 7.49. The van der Waals surface area contributed by atoms with Crippen molar-refractivity contribution in [1.82, 2.24) is 15.2 Å². The zero-order chi connectivity index (χ0) is 16.5. The van der Waals surface area contributed by atoms with Crippen molar-refractivity contribution in [3.8, 4) is 6.07 Å². The third-order valence-electron chi connectivity index (χ3n) is 3.80. The second kappa shape index (κ2) is 6.01. The number of amides is 1. The molecule has 6 heteroatoms. The fourth-order valence-electron chi connectivity index (χ4n) is 2.33. The molecule has 6 nitrogen and oxygen atoms in total. The Morgan fingerprint density at radius 2 is 2.18 bits per heavy atom. The summed E-state index contributed by atoms with van der Waals surface area (Å²) in [6, 6.07) is 4.46. The average molecular weight is 304 g/mol. The van der Waals surface area contributed by atoms with Crippen LogP contribution >= 0.6 is 0 Å². The van der Waals surface area contributed by atoms with Crippen LogP contribution in [-0.2, 0) is 18.3 Å². The summed E-state index contributed by atoms with van der Waals surface area (Å²) in [4.78, 5) is 11.7. The van der Waals surface area contributed by atoms with Crippen LogP contribution in [0, 0.1) is 18.3 Å². The van der Waals surface area contributed by atoms with Gasteiger partial charge in [0.25, 0.3) is 0 Å². The number of rotatable bonds is 4. The largest absolute Gasteiger partial charge is 0.444 e. The van der Waals surface area contributed by atoms with Crippen molar-refractivity contribution >= 4 is 6.09 Å². The molecule has 0 radical (unpaired) electrons. The standard InChI is InChI=1S/C16H24N4O2/c1-10-11(6-12(8-17)20(10)5)9-18-13-7-14(13)19-15(21)22-16(2,3)4/h6,13-14,18H,7,9H2,1-5H3,(H,19,21). The van der Waals surface area contributed by atoms with E-state index in [0.29, 0.717) is 12.2 Å². The van der Waals surface area contributed by atoms with Crippen molar-refractivity contribution in [1.29, 1.82) is 5.26 Å². The van der Waals surface area contributed by atoms with E-state index in [1.807, 2.05) is 45.4 Å². The highest BCUT2D eigenvalue weighted by molar-refractivity contribution is 5.68. The minimum Gasteiger partial charge on any atom is -0.444 e. The zero-order valence-corrected chi connectivity index (χ0v) is 13.9. The Hall–Kier alpha value is -2.00. The van der Waals surface area contributed by atoms with Gasteiger partial charge in [-0.1, -0.05) is 0 Å². The molecular formula is C16H24N4O2. The molecule has 2 N–H and O–H groups in total. The van der Waals surface area contributed by atoms with E-state index in [-0.39, 0.29) is 18.2 Å². The lowest BCUT2D eigenvalue weighted by Gasteiger charge is -2.19. The maximum absolute atomic E-state index is 11.7. The normalized spacial score (nSPS) is 20.4. The molecule has 1 fully saturated rings. The number of nitrogens with zero attached hydrogens (tertiary/aromatic N) is 2. The van der Waals surface area contributed by atoms with Crippen LogP contribution in [0.4, 0.5) is 4.79 Å². The molecule has 1 aromatic heterocycles. The lowest BCUT2D eigenvalue weighted by Crippen LogP contribution is -2.36. The minimum atomic E-state index is -0.475. The molecule has 0 saturated heterocycles. The molecule has 1 aliphatic carbocycles. The Morgan fingerprint density at radius 3 is 2.73 bits per heavy atom. The van der Waals surface area contributed by atoms with Gasteiger partial charge in [0.05, 0.1) is 0 Å². The van der Waals surface area contributed by atoms with Gasteiger partial charge < -0.3 is 19.9 Å². The first-order chi connectivity index (χ1) is 10.2. The van der Waals surface area contributed by atoms with Crippen LogP contribution in [0.25, 0.3) is 0 Å². The number of hydrogen-bond donors (Lipinski definition) is 2. The monoisotopic (exact) mass is 304 g/mol. The molecule has 2 unspecified atom stereocenters. The van der Waals surface area contributed by atoms with Crippen molar-refractivity contribution in [2.24, 2.45) is 7.05 Å². The lowest BCUT2D eigenvalue weighted by atomic mass is 10.2. The second-order valence-corrected chi connectivity index (χ2v) is 6.79. The number of hydrogen-bond acceptors (Lipinski definition) is 4. The molecule has 1 aromatic rings. The fourth-order valence-corrected chi connectivity index (χ4v) is 2.33. The van der Waals surface area contributed by atoms with E-state index in [4.69, 9.17) is 10.00 Å². The quantitative estimate of drug-likeness (QED) is 0.891. The summed E-state index contributed by atoms with van der Waals surface area (Å²) >= 11 is 0.